The highest BCUT2D eigenvalue weighted by molar-refractivity contribution is 5.91. The molecule has 2 aliphatic rings. The summed E-state index contributed by atoms with van der Waals surface area (Å²) < 4.78 is 15.2. The maximum atomic E-state index is 15.2. The number of hydrazine groups is 1. The molecule has 0 spiro atoms. The Morgan fingerprint density at radius 3 is 2.24 bits per heavy atom. The van der Waals surface area contributed by atoms with E-state index in [4.69, 9.17) is 0 Å². The monoisotopic (exact) mass is 574 g/mol. The third-order valence-electron chi connectivity index (χ3n) is 8.25. The highest BCUT2D eigenvalue weighted by Crippen LogP contribution is 2.32. The van der Waals surface area contributed by atoms with E-state index in [-0.39, 0.29) is 37.3 Å². The number of piperazine rings is 1. The molecule has 5 rings (SSSR count). The van der Waals surface area contributed by atoms with E-state index < -0.39 is 18.1 Å². The van der Waals surface area contributed by atoms with E-state index in [0.29, 0.717) is 24.2 Å². The van der Waals surface area contributed by atoms with Crippen molar-refractivity contribution >= 4 is 17.5 Å². The Hall–Kier alpha value is -3.83. The molecule has 2 heterocycles. The summed E-state index contributed by atoms with van der Waals surface area (Å²) in [6, 6.07) is 23.4. The van der Waals surface area contributed by atoms with Gasteiger partial charge in [-0.05, 0) is 30.2 Å². The fourth-order valence-electron chi connectivity index (χ4n) is 5.83. The predicted octanol–water partition coefficient (Wildman–Crippen LogP) is 2.62. The Morgan fingerprint density at radius 2 is 1.60 bits per heavy atom. The van der Waals surface area contributed by atoms with E-state index in [2.05, 4.69) is 5.32 Å². The van der Waals surface area contributed by atoms with Gasteiger partial charge in [0.15, 0.2) is 5.85 Å². The van der Waals surface area contributed by atoms with Gasteiger partial charge in [-0.1, -0.05) is 66.7 Å². The lowest BCUT2D eigenvalue weighted by molar-refractivity contribution is -0.226. The van der Waals surface area contributed by atoms with E-state index in [9.17, 15) is 14.7 Å². The first-order chi connectivity index (χ1) is 20.1. The minimum atomic E-state index is -1.50. The van der Waals surface area contributed by atoms with E-state index in [1.165, 1.54) is 6.07 Å². The van der Waals surface area contributed by atoms with E-state index in [1.54, 1.807) is 39.9 Å². The number of hydrogen-bond acceptors (Lipinski definition) is 7. The SMILES string of the molecule is CN(C)c1cccc(F)c1CN1C[C@H]2N(C(=O)CN2N(C)C(C)(O)NCc2ccccc2)[C@@H](Cc2ccccc2)C1=O. The number of carbonyl (C=O) groups excluding carboxylic acids is 2. The Bertz CT molecular complexity index is 1400. The molecule has 9 nitrogen and oxygen atoms in total. The predicted molar refractivity (Wildman–Crippen MR) is 159 cm³/mol. The van der Waals surface area contributed by atoms with Crippen LogP contribution in [-0.2, 0) is 29.1 Å². The van der Waals surface area contributed by atoms with Crippen LogP contribution in [0.15, 0.2) is 78.9 Å². The van der Waals surface area contributed by atoms with Crippen molar-refractivity contribution in [3.63, 3.8) is 0 Å². The van der Waals surface area contributed by atoms with Gasteiger partial charge in [0.1, 0.15) is 18.0 Å². The zero-order valence-corrected chi connectivity index (χ0v) is 24.6. The number of benzene rings is 3. The Kier molecular flexibility index (Phi) is 8.60. The summed E-state index contributed by atoms with van der Waals surface area (Å²) in [4.78, 5) is 32.7. The van der Waals surface area contributed by atoms with Crippen molar-refractivity contribution < 1.29 is 19.1 Å². The van der Waals surface area contributed by atoms with Gasteiger partial charge in [-0.3, -0.25) is 14.9 Å². The summed E-state index contributed by atoms with van der Waals surface area (Å²) in [6.07, 6.45) is -0.218. The number of anilines is 1. The first kappa shape index (κ1) is 29.7. The van der Waals surface area contributed by atoms with Crippen molar-refractivity contribution in [1.29, 1.82) is 0 Å². The number of rotatable bonds is 10. The molecule has 10 heteroatoms. The first-order valence-electron chi connectivity index (χ1n) is 14.2. The van der Waals surface area contributed by atoms with Crippen molar-refractivity contribution in [3.8, 4) is 0 Å². The Morgan fingerprint density at radius 1 is 0.952 bits per heavy atom. The van der Waals surface area contributed by atoms with Crippen LogP contribution in [0.1, 0.15) is 23.6 Å². The van der Waals surface area contributed by atoms with Gasteiger partial charge in [-0.25, -0.2) is 9.40 Å². The van der Waals surface area contributed by atoms with E-state index >= 15 is 4.39 Å². The molecule has 3 aromatic rings. The number of hydrogen-bond donors (Lipinski definition) is 2. The van der Waals surface area contributed by atoms with Crippen LogP contribution in [0.5, 0.6) is 0 Å². The van der Waals surface area contributed by atoms with E-state index in [1.807, 2.05) is 85.7 Å². The molecule has 1 unspecified atom stereocenters. The molecule has 42 heavy (non-hydrogen) atoms. The maximum Gasteiger partial charge on any atom is 0.246 e. The molecule has 0 bridgehead atoms. The van der Waals surface area contributed by atoms with Crippen LogP contribution in [0, 0.1) is 5.82 Å². The van der Waals surface area contributed by atoms with Gasteiger partial charge in [0.2, 0.25) is 11.8 Å². The quantitative estimate of drug-likeness (QED) is 0.361. The summed E-state index contributed by atoms with van der Waals surface area (Å²) in [5.74, 6) is -2.31. The number of fused-ring (bicyclic) bond motifs is 1. The first-order valence-corrected chi connectivity index (χ1v) is 14.2. The largest absolute Gasteiger partial charge is 0.377 e. The van der Waals surface area contributed by atoms with Gasteiger partial charge < -0.3 is 19.8 Å². The van der Waals surface area contributed by atoms with Crippen molar-refractivity contribution in [1.82, 2.24) is 25.1 Å². The summed E-state index contributed by atoms with van der Waals surface area (Å²) in [5.41, 5.74) is 3.04. The van der Waals surface area contributed by atoms with Crippen molar-refractivity contribution in [3.05, 3.63) is 101 Å². The summed E-state index contributed by atoms with van der Waals surface area (Å²) >= 11 is 0. The molecule has 2 amide bonds. The van der Waals surface area contributed by atoms with Crippen molar-refractivity contribution in [2.75, 3.05) is 39.1 Å². The minimum Gasteiger partial charge on any atom is -0.377 e. The van der Waals surface area contributed by atoms with Gasteiger partial charge in [-0.15, -0.1) is 0 Å². The summed E-state index contributed by atoms with van der Waals surface area (Å²) in [6.45, 7) is 2.27. The average Bonchev–Trinajstić information content (AvgIpc) is 3.31. The Balaban J connectivity index is 1.45. The smallest absolute Gasteiger partial charge is 0.246 e. The third-order valence-corrected chi connectivity index (χ3v) is 8.25. The molecule has 2 saturated heterocycles. The standard InChI is InChI=1S/C32H39FN6O3/c1-32(42,34-19-24-14-9-6-10-15-24)36(4)38-22-30(40)39-28(18-23-12-7-5-8-13-23)31(41)37(21-29(38)39)20-25-26(33)16-11-17-27(25)35(2)3/h5-17,28-29,34,42H,18-22H2,1-4H3/t28-,29+,32?/m0/s1. The Labute approximate surface area is 246 Å². The molecular weight excluding hydrogens is 535 g/mol. The molecule has 0 aromatic heterocycles. The van der Waals surface area contributed by atoms with Crippen LogP contribution in [0.25, 0.3) is 0 Å². The molecule has 3 aromatic carbocycles. The van der Waals surface area contributed by atoms with Crippen LogP contribution < -0.4 is 10.2 Å². The lowest BCUT2D eigenvalue weighted by Gasteiger charge is -2.48. The molecule has 2 N–H and O–H groups in total. The van der Waals surface area contributed by atoms with Crippen LogP contribution in [0.4, 0.5) is 10.1 Å². The molecule has 2 fully saturated rings. The number of nitrogens with zero attached hydrogens (tertiary/aromatic N) is 5. The highest BCUT2D eigenvalue weighted by atomic mass is 19.1. The van der Waals surface area contributed by atoms with E-state index in [0.717, 1.165) is 11.1 Å². The molecule has 2 aliphatic heterocycles. The number of nitrogens with one attached hydrogen (secondary N) is 1. The van der Waals surface area contributed by atoms with Gasteiger partial charge in [0.25, 0.3) is 0 Å². The van der Waals surface area contributed by atoms with Crippen LogP contribution in [0.3, 0.4) is 0 Å². The second kappa shape index (κ2) is 12.2. The second-order valence-corrected chi connectivity index (χ2v) is 11.3. The maximum absolute atomic E-state index is 15.2. The lowest BCUT2D eigenvalue weighted by Crippen LogP contribution is -2.68. The second-order valence-electron chi connectivity index (χ2n) is 11.3. The fraction of sp³-hybridized carbons (Fsp3) is 0.375. The number of aliphatic hydroxyl groups is 1. The highest BCUT2D eigenvalue weighted by Gasteiger charge is 2.52. The van der Waals surface area contributed by atoms with Gasteiger partial charge in [0, 0.05) is 45.4 Å². The molecule has 3 atom stereocenters. The van der Waals surface area contributed by atoms with Crippen molar-refractivity contribution in [2.45, 2.75) is 44.5 Å². The number of amides is 2. The fourth-order valence-corrected chi connectivity index (χ4v) is 5.83. The molecule has 222 valence electrons. The van der Waals surface area contributed by atoms with Crippen molar-refractivity contribution in [2.24, 2.45) is 0 Å². The molecule has 0 aliphatic carbocycles. The van der Waals surface area contributed by atoms with Crippen LogP contribution in [-0.4, -0.2) is 89.0 Å². The summed E-state index contributed by atoms with van der Waals surface area (Å²) in [7, 11) is 5.41. The lowest BCUT2D eigenvalue weighted by atomic mass is 9.99. The summed E-state index contributed by atoms with van der Waals surface area (Å²) in [5, 5.41) is 18.1. The third kappa shape index (κ3) is 6.03. The van der Waals surface area contributed by atoms with Crippen LogP contribution >= 0.6 is 0 Å². The zero-order valence-electron chi connectivity index (χ0n) is 24.6. The topological polar surface area (TPSA) is 82.6 Å². The van der Waals surface area contributed by atoms with Gasteiger partial charge in [0.05, 0.1) is 19.6 Å². The molecule has 0 radical (unpaired) electrons. The number of halogens is 1. The number of carbonyl (C=O) groups is 2. The van der Waals surface area contributed by atoms with Gasteiger partial charge in [-0.2, -0.15) is 5.01 Å². The molecular formula is C32H39FN6O3. The minimum absolute atomic E-state index is 0.000606. The normalized spacial score (nSPS) is 20.6. The van der Waals surface area contributed by atoms with Crippen LogP contribution in [0.2, 0.25) is 0 Å². The zero-order chi connectivity index (χ0) is 30.0. The average molecular weight is 575 g/mol. The molecule has 0 saturated carbocycles. The van der Waals surface area contributed by atoms with Gasteiger partial charge >= 0.3 is 0 Å².